The van der Waals surface area contributed by atoms with Gasteiger partial charge in [-0.2, -0.15) is 0 Å². The van der Waals surface area contributed by atoms with Crippen molar-refractivity contribution in [2.45, 2.75) is 6.29 Å². The summed E-state index contributed by atoms with van der Waals surface area (Å²) < 4.78 is 0. The molecule has 0 bridgehead atoms. The molecule has 2 aromatic carbocycles. The number of hydrogen-bond acceptors (Lipinski definition) is 4. The zero-order chi connectivity index (χ0) is 13.1. The van der Waals surface area contributed by atoms with Gasteiger partial charge in [-0.15, -0.1) is 0 Å². The lowest BCUT2D eigenvalue weighted by atomic mass is 10.3. The third kappa shape index (κ3) is 2.92. The van der Waals surface area contributed by atoms with Gasteiger partial charge in [0.2, 0.25) is 0 Å². The van der Waals surface area contributed by atoms with E-state index in [1.54, 1.807) is 0 Å². The number of benzene rings is 2. The molecule has 0 radical (unpaired) electrons. The van der Waals surface area contributed by atoms with Crippen molar-refractivity contribution in [3.8, 4) is 0 Å². The molecule has 0 saturated carbocycles. The van der Waals surface area contributed by atoms with E-state index in [2.05, 4.69) is 33.4 Å². The number of anilines is 3. The molecule has 98 valence electrons. The summed E-state index contributed by atoms with van der Waals surface area (Å²) in [5.41, 5.74) is 3.22. The molecular formula is C14H15ClN4. The summed E-state index contributed by atoms with van der Waals surface area (Å²) >= 11 is 5.93. The molecule has 0 atom stereocenters. The number of para-hydroxylation sites is 2. The molecule has 2 aromatic rings. The summed E-state index contributed by atoms with van der Waals surface area (Å²) in [4.78, 5) is 0. The highest BCUT2D eigenvalue weighted by Gasteiger charge is 2.17. The van der Waals surface area contributed by atoms with Crippen molar-refractivity contribution in [2.75, 3.05) is 22.6 Å². The molecule has 1 heterocycles. The molecule has 5 heteroatoms. The topological polar surface area (TPSA) is 48.1 Å². The van der Waals surface area contributed by atoms with Gasteiger partial charge in [-0.1, -0.05) is 29.8 Å². The van der Waals surface area contributed by atoms with Crippen molar-refractivity contribution in [3.63, 3.8) is 0 Å². The van der Waals surface area contributed by atoms with E-state index in [4.69, 9.17) is 11.6 Å². The van der Waals surface area contributed by atoms with Crippen LogP contribution in [-0.2, 0) is 0 Å². The SMILES string of the molecule is Clc1cccc(NCNC2Nc3ccccc3N2)c1. The first-order chi connectivity index (χ1) is 9.31. The molecule has 1 aliphatic rings. The second kappa shape index (κ2) is 5.38. The Balaban J connectivity index is 1.50. The van der Waals surface area contributed by atoms with E-state index in [0.29, 0.717) is 6.67 Å². The minimum Gasteiger partial charge on any atom is -0.372 e. The van der Waals surface area contributed by atoms with Gasteiger partial charge in [0.15, 0.2) is 6.29 Å². The lowest BCUT2D eigenvalue weighted by molar-refractivity contribution is 0.656. The zero-order valence-corrected chi connectivity index (χ0v) is 11.0. The third-order valence-electron chi connectivity index (χ3n) is 2.95. The largest absolute Gasteiger partial charge is 0.372 e. The van der Waals surface area contributed by atoms with Crippen molar-refractivity contribution in [1.29, 1.82) is 0 Å². The van der Waals surface area contributed by atoms with Crippen LogP contribution < -0.4 is 21.3 Å². The second-order valence-corrected chi connectivity index (χ2v) is 4.77. The van der Waals surface area contributed by atoms with Crippen LogP contribution >= 0.6 is 11.6 Å². The van der Waals surface area contributed by atoms with Crippen molar-refractivity contribution < 1.29 is 0 Å². The lowest BCUT2D eigenvalue weighted by Crippen LogP contribution is -2.41. The molecule has 0 aliphatic carbocycles. The predicted octanol–water partition coefficient (Wildman–Crippen LogP) is 3.12. The van der Waals surface area contributed by atoms with Crippen molar-refractivity contribution in [1.82, 2.24) is 5.32 Å². The molecule has 0 unspecified atom stereocenters. The first-order valence-electron chi connectivity index (χ1n) is 6.16. The van der Waals surface area contributed by atoms with Gasteiger partial charge in [-0.05, 0) is 30.3 Å². The Bertz CT molecular complexity index is 548. The van der Waals surface area contributed by atoms with Gasteiger partial charge >= 0.3 is 0 Å². The maximum absolute atomic E-state index is 5.93. The average molecular weight is 275 g/mol. The number of fused-ring (bicyclic) bond motifs is 1. The Kier molecular flexibility index (Phi) is 3.44. The van der Waals surface area contributed by atoms with Crippen molar-refractivity contribution in [2.24, 2.45) is 0 Å². The summed E-state index contributed by atoms with van der Waals surface area (Å²) in [6.07, 6.45) is 0.0316. The Hall–Kier alpha value is -1.91. The lowest BCUT2D eigenvalue weighted by Gasteiger charge is -2.15. The number of nitrogens with one attached hydrogen (secondary N) is 4. The van der Waals surface area contributed by atoms with E-state index in [1.165, 1.54) is 0 Å². The van der Waals surface area contributed by atoms with Gasteiger partial charge in [-0.25, -0.2) is 0 Å². The minimum atomic E-state index is 0.0316. The number of halogens is 1. The number of hydrogen-bond donors (Lipinski definition) is 4. The first-order valence-corrected chi connectivity index (χ1v) is 6.54. The molecule has 4 nitrogen and oxygen atoms in total. The smallest absolute Gasteiger partial charge is 0.154 e. The van der Waals surface area contributed by atoms with E-state index in [9.17, 15) is 0 Å². The highest BCUT2D eigenvalue weighted by Crippen LogP contribution is 2.26. The molecule has 0 amide bonds. The third-order valence-corrected chi connectivity index (χ3v) is 3.19. The molecule has 0 spiro atoms. The molecule has 4 N–H and O–H groups in total. The highest BCUT2D eigenvalue weighted by atomic mass is 35.5. The second-order valence-electron chi connectivity index (χ2n) is 4.34. The molecule has 1 aliphatic heterocycles. The van der Waals surface area contributed by atoms with Crippen LogP contribution in [0.5, 0.6) is 0 Å². The molecule has 0 saturated heterocycles. The van der Waals surface area contributed by atoms with Gasteiger partial charge in [0.05, 0.1) is 18.0 Å². The summed E-state index contributed by atoms with van der Waals surface area (Å²) in [7, 11) is 0. The van der Waals surface area contributed by atoms with E-state index in [1.807, 2.05) is 36.4 Å². The summed E-state index contributed by atoms with van der Waals surface area (Å²) in [6.45, 7) is 0.638. The average Bonchev–Trinajstić information content (AvgIpc) is 2.81. The van der Waals surface area contributed by atoms with E-state index in [-0.39, 0.29) is 6.29 Å². The summed E-state index contributed by atoms with van der Waals surface area (Å²) in [6, 6.07) is 15.8. The minimum absolute atomic E-state index is 0.0316. The van der Waals surface area contributed by atoms with Crippen LogP contribution in [0.4, 0.5) is 17.1 Å². The standard InChI is InChI=1S/C14H15ClN4/c15-10-4-3-5-11(8-10)16-9-17-14-18-12-6-1-2-7-13(12)19-14/h1-8,14,16-19H,9H2. The van der Waals surface area contributed by atoms with Crippen LogP contribution in [0, 0.1) is 0 Å². The predicted molar refractivity (Wildman–Crippen MR) is 80.6 cm³/mol. The van der Waals surface area contributed by atoms with Crippen molar-refractivity contribution in [3.05, 3.63) is 53.6 Å². The van der Waals surface area contributed by atoms with Crippen LogP contribution in [0.1, 0.15) is 0 Å². The Morgan fingerprint density at radius 3 is 2.42 bits per heavy atom. The Morgan fingerprint density at radius 2 is 1.74 bits per heavy atom. The maximum atomic E-state index is 5.93. The molecule has 0 aromatic heterocycles. The van der Waals surface area contributed by atoms with Crippen LogP contribution in [-0.4, -0.2) is 13.0 Å². The fourth-order valence-electron chi connectivity index (χ4n) is 2.04. The van der Waals surface area contributed by atoms with E-state index < -0.39 is 0 Å². The van der Waals surface area contributed by atoms with Crippen molar-refractivity contribution >= 4 is 28.7 Å². The monoisotopic (exact) mass is 274 g/mol. The molecule has 19 heavy (non-hydrogen) atoms. The van der Waals surface area contributed by atoms with Gasteiger partial charge < -0.3 is 16.0 Å². The van der Waals surface area contributed by atoms with Crippen LogP contribution in [0.15, 0.2) is 48.5 Å². The maximum Gasteiger partial charge on any atom is 0.154 e. The number of rotatable bonds is 4. The van der Waals surface area contributed by atoms with Gasteiger partial charge in [0, 0.05) is 10.7 Å². The zero-order valence-electron chi connectivity index (χ0n) is 10.3. The molecule has 3 rings (SSSR count). The highest BCUT2D eigenvalue weighted by molar-refractivity contribution is 6.30. The van der Waals surface area contributed by atoms with E-state index >= 15 is 0 Å². The molecule has 0 fully saturated rings. The quantitative estimate of drug-likeness (QED) is 0.647. The van der Waals surface area contributed by atoms with Crippen LogP contribution in [0.2, 0.25) is 5.02 Å². The fourth-order valence-corrected chi connectivity index (χ4v) is 2.23. The van der Waals surface area contributed by atoms with Gasteiger partial charge in [0.25, 0.3) is 0 Å². The van der Waals surface area contributed by atoms with Gasteiger partial charge in [-0.3, -0.25) is 5.32 Å². The first kappa shape index (κ1) is 12.1. The fraction of sp³-hybridized carbons (Fsp3) is 0.143. The Labute approximate surface area is 117 Å². The Morgan fingerprint density at radius 1 is 1.00 bits per heavy atom. The normalized spacial score (nSPS) is 13.5. The van der Waals surface area contributed by atoms with Gasteiger partial charge in [0.1, 0.15) is 0 Å². The van der Waals surface area contributed by atoms with E-state index in [0.717, 1.165) is 22.1 Å². The molecular weight excluding hydrogens is 260 g/mol. The van der Waals surface area contributed by atoms with Crippen LogP contribution in [0.3, 0.4) is 0 Å². The van der Waals surface area contributed by atoms with Crippen LogP contribution in [0.25, 0.3) is 0 Å². The summed E-state index contributed by atoms with van der Waals surface area (Å²) in [5.74, 6) is 0. The summed E-state index contributed by atoms with van der Waals surface area (Å²) in [5, 5.41) is 14.0.